The first-order valence-corrected chi connectivity index (χ1v) is 12.4. The Bertz CT molecular complexity index is 1360. The van der Waals surface area contributed by atoms with Gasteiger partial charge >= 0.3 is 11.6 Å². The predicted molar refractivity (Wildman–Crippen MR) is 132 cm³/mol. The van der Waals surface area contributed by atoms with Crippen molar-refractivity contribution < 1.29 is 18.7 Å². The number of ether oxygens (including phenoxy) is 1. The van der Waals surface area contributed by atoms with E-state index in [2.05, 4.69) is 29.6 Å². The summed E-state index contributed by atoms with van der Waals surface area (Å²) < 4.78 is 11.3. The monoisotopic (exact) mass is 471 g/mol. The molecule has 4 aliphatic carbocycles. The summed E-state index contributed by atoms with van der Waals surface area (Å²) in [7, 11) is 0. The Kier molecular flexibility index (Phi) is 5.09. The molecular formula is C29H29NO5. The molecule has 7 rings (SSSR count). The Morgan fingerprint density at radius 3 is 2.49 bits per heavy atom. The summed E-state index contributed by atoms with van der Waals surface area (Å²) in [4.78, 5) is 37.3. The van der Waals surface area contributed by atoms with Crippen LogP contribution in [0.15, 0.2) is 63.8 Å². The zero-order chi connectivity index (χ0) is 24.2. The van der Waals surface area contributed by atoms with Crippen LogP contribution in [0.2, 0.25) is 0 Å². The maximum atomic E-state index is 13.7. The molecule has 1 heterocycles. The molecule has 2 aromatic carbocycles. The summed E-state index contributed by atoms with van der Waals surface area (Å²) in [6.07, 6.45) is 6.16. The first kappa shape index (κ1) is 22.1. The minimum Gasteiger partial charge on any atom is -0.460 e. The fraction of sp³-hybridized carbons (Fsp3) is 0.414. The highest BCUT2D eigenvalue weighted by atomic mass is 16.5. The predicted octanol–water partition coefficient (Wildman–Crippen LogP) is 5.33. The lowest BCUT2D eigenvalue weighted by molar-refractivity contribution is -0.175. The van der Waals surface area contributed by atoms with Crippen LogP contribution in [0.3, 0.4) is 0 Å². The van der Waals surface area contributed by atoms with Crippen LogP contribution >= 0.6 is 0 Å². The highest BCUT2D eigenvalue weighted by Gasteiger charge is 2.61. The number of carbonyl (C=O) groups is 2. The largest absolute Gasteiger partial charge is 0.460 e. The summed E-state index contributed by atoms with van der Waals surface area (Å²) in [5, 5.41) is 3.38. The van der Waals surface area contributed by atoms with E-state index < -0.39 is 11.0 Å². The molecule has 35 heavy (non-hydrogen) atoms. The Labute approximate surface area is 203 Å². The Morgan fingerprint density at radius 2 is 1.77 bits per heavy atom. The normalized spacial score (nSPS) is 28.7. The van der Waals surface area contributed by atoms with Gasteiger partial charge in [-0.25, -0.2) is 4.79 Å². The van der Waals surface area contributed by atoms with Gasteiger partial charge in [-0.05, 0) is 73.5 Å². The Hall–Kier alpha value is -3.41. The number of anilines is 1. The van der Waals surface area contributed by atoms with Gasteiger partial charge in [-0.3, -0.25) is 9.59 Å². The second-order valence-electron chi connectivity index (χ2n) is 10.9. The number of benzene rings is 2. The van der Waals surface area contributed by atoms with E-state index in [-0.39, 0.29) is 23.9 Å². The number of nitrogens with one attached hydrogen (secondary N) is 1. The number of esters is 1. The molecule has 1 aromatic heterocycles. The van der Waals surface area contributed by atoms with Gasteiger partial charge in [0.05, 0.1) is 5.41 Å². The van der Waals surface area contributed by atoms with Crippen molar-refractivity contribution in [3.8, 4) is 0 Å². The van der Waals surface area contributed by atoms with Crippen LogP contribution in [0.4, 0.5) is 5.69 Å². The molecule has 0 spiro atoms. The number of rotatable bonds is 5. The third kappa shape index (κ3) is 3.85. The molecule has 4 saturated carbocycles. The van der Waals surface area contributed by atoms with E-state index in [1.807, 2.05) is 6.07 Å². The third-order valence-electron chi connectivity index (χ3n) is 8.39. The van der Waals surface area contributed by atoms with E-state index in [1.165, 1.54) is 25.0 Å². The van der Waals surface area contributed by atoms with Crippen LogP contribution in [-0.2, 0) is 26.3 Å². The molecule has 6 nitrogen and oxygen atoms in total. The van der Waals surface area contributed by atoms with E-state index in [4.69, 9.17) is 9.15 Å². The average Bonchev–Trinajstić information content (AvgIpc) is 2.81. The quantitative estimate of drug-likeness (QED) is 0.401. The van der Waals surface area contributed by atoms with Crippen molar-refractivity contribution in [3.05, 3.63) is 76.1 Å². The molecule has 2 atom stereocenters. The molecule has 180 valence electrons. The fourth-order valence-electron chi connectivity index (χ4n) is 7.56. The molecule has 1 N–H and O–H groups in total. The van der Waals surface area contributed by atoms with Gasteiger partial charge in [0.15, 0.2) is 0 Å². The van der Waals surface area contributed by atoms with Gasteiger partial charge in [0, 0.05) is 35.7 Å². The summed E-state index contributed by atoms with van der Waals surface area (Å²) in [5.74, 6) is 0.769. The maximum absolute atomic E-state index is 13.7. The number of fused-ring (bicyclic) bond motifs is 1. The molecule has 4 aliphatic rings. The maximum Gasteiger partial charge on any atom is 0.336 e. The lowest BCUT2D eigenvalue weighted by atomic mass is 9.43. The van der Waals surface area contributed by atoms with E-state index in [9.17, 15) is 14.4 Å². The van der Waals surface area contributed by atoms with Gasteiger partial charge in [-0.2, -0.15) is 0 Å². The number of hydrogen-bond donors (Lipinski definition) is 1. The lowest BCUT2D eigenvalue weighted by Gasteiger charge is -2.61. The first-order chi connectivity index (χ1) is 16.8. The standard InChI is InChI=1S/C29H29NO5/c1-18(31)30-23-7-8-24-21(10-26(32)35-25(24)11-23)16-34-27(33)29-14-19-9-20(15-29)13-28(12-19,17-29)22-5-3-2-4-6-22/h2-8,10-11,19-20H,9,12-17H2,1H3,(H,30,31). The zero-order valence-electron chi connectivity index (χ0n) is 19.8. The number of hydrogen-bond acceptors (Lipinski definition) is 5. The molecule has 0 saturated heterocycles. The third-order valence-corrected chi connectivity index (χ3v) is 8.39. The van der Waals surface area contributed by atoms with Gasteiger partial charge in [-0.15, -0.1) is 0 Å². The fourth-order valence-corrected chi connectivity index (χ4v) is 7.56. The van der Waals surface area contributed by atoms with E-state index in [1.54, 1.807) is 18.2 Å². The van der Waals surface area contributed by atoms with Gasteiger partial charge in [-0.1, -0.05) is 30.3 Å². The minimum absolute atomic E-state index is 0.0236. The van der Waals surface area contributed by atoms with E-state index in [0.29, 0.717) is 34.1 Å². The van der Waals surface area contributed by atoms with Gasteiger partial charge in [0.2, 0.25) is 5.91 Å². The van der Waals surface area contributed by atoms with Crippen molar-refractivity contribution in [3.63, 3.8) is 0 Å². The van der Waals surface area contributed by atoms with Crippen molar-refractivity contribution in [2.75, 3.05) is 5.32 Å². The van der Waals surface area contributed by atoms with E-state index >= 15 is 0 Å². The zero-order valence-corrected chi connectivity index (χ0v) is 19.8. The Morgan fingerprint density at radius 1 is 1.03 bits per heavy atom. The van der Waals surface area contributed by atoms with Crippen LogP contribution in [0, 0.1) is 17.3 Å². The molecule has 6 heteroatoms. The molecular weight excluding hydrogens is 442 g/mol. The Balaban J connectivity index is 1.26. The van der Waals surface area contributed by atoms with Crippen molar-refractivity contribution in [1.82, 2.24) is 0 Å². The second-order valence-corrected chi connectivity index (χ2v) is 10.9. The second kappa shape index (κ2) is 8.08. The van der Waals surface area contributed by atoms with Gasteiger partial charge in [0.1, 0.15) is 12.2 Å². The van der Waals surface area contributed by atoms with Gasteiger partial charge in [0.25, 0.3) is 0 Å². The van der Waals surface area contributed by atoms with Gasteiger partial charge < -0.3 is 14.5 Å². The SMILES string of the molecule is CC(=O)Nc1ccc2c(COC(=O)C34CC5CC(C3)CC(c3ccccc3)(C5)C4)cc(=O)oc2c1. The van der Waals surface area contributed by atoms with Crippen LogP contribution in [0.25, 0.3) is 11.0 Å². The van der Waals surface area contributed by atoms with Crippen LogP contribution in [0.5, 0.6) is 0 Å². The number of amides is 1. The molecule has 3 aromatic rings. The molecule has 4 fully saturated rings. The summed E-state index contributed by atoms with van der Waals surface area (Å²) >= 11 is 0. The van der Waals surface area contributed by atoms with Crippen LogP contribution < -0.4 is 10.9 Å². The molecule has 2 unspecified atom stereocenters. The number of carbonyl (C=O) groups excluding carboxylic acids is 2. The molecule has 0 aliphatic heterocycles. The van der Waals surface area contributed by atoms with Crippen molar-refractivity contribution >= 4 is 28.5 Å². The highest BCUT2D eigenvalue weighted by Crippen LogP contribution is 2.66. The van der Waals surface area contributed by atoms with Crippen molar-refractivity contribution in [2.24, 2.45) is 17.3 Å². The van der Waals surface area contributed by atoms with Crippen molar-refractivity contribution in [1.29, 1.82) is 0 Å². The summed E-state index contributed by atoms with van der Waals surface area (Å²) in [6.45, 7) is 1.44. The summed E-state index contributed by atoms with van der Waals surface area (Å²) in [5.41, 5.74) is 1.96. The summed E-state index contributed by atoms with van der Waals surface area (Å²) in [6, 6.07) is 17.2. The van der Waals surface area contributed by atoms with E-state index in [0.717, 1.165) is 32.1 Å². The van der Waals surface area contributed by atoms with Crippen LogP contribution in [0.1, 0.15) is 56.6 Å². The molecule has 4 bridgehead atoms. The minimum atomic E-state index is -0.513. The lowest BCUT2D eigenvalue weighted by Crippen LogP contribution is -2.57. The smallest absolute Gasteiger partial charge is 0.336 e. The topological polar surface area (TPSA) is 85.6 Å². The highest BCUT2D eigenvalue weighted by molar-refractivity contribution is 5.92. The molecule has 0 radical (unpaired) electrons. The van der Waals surface area contributed by atoms with Crippen molar-refractivity contribution in [2.45, 2.75) is 57.5 Å². The van der Waals surface area contributed by atoms with Crippen LogP contribution in [-0.4, -0.2) is 11.9 Å². The first-order valence-electron chi connectivity index (χ1n) is 12.4. The molecule has 1 amide bonds. The average molecular weight is 472 g/mol.